The van der Waals surface area contributed by atoms with E-state index in [0.29, 0.717) is 18.2 Å². The smallest absolute Gasteiger partial charge is 0.257 e. The molecule has 1 saturated heterocycles. The predicted octanol–water partition coefficient (Wildman–Crippen LogP) is 1.74. The van der Waals surface area contributed by atoms with Crippen molar-refractivity contribution in [1.82, 2.24) is 10.6 Å². The molecule has 1 atom stereocenters. The molecule has 1 aliphatic rings. The van der Waals surface area contributed by atoms with Crippen molar-refractivity contribution in [3.05, 3.63) is 30.1 Å². The highest BCUT2D eigenvalue weighted by molar-refractivity contribution is 5.85. The van der Waals surface area contributed by atoms with Gasteiger partial charge < -0.3 is 15.4 Å². The SMILES string of the molecule is Cl.O=C(COc1ccc(F)cc1)NCC1CCCNC1. The Morgan fingerprint density at radius 2 is 2.15 bits per heavy atom. The summed E-state index contributed by atoms with van der Waals surface area (Å²) in [6.45, 7) is 2.67. The molecule has 1 amide bonds. The first kappa shape index (κ1) is 16.7. The van der Waals surface area contributed by atoms with E-state index in [-0.39, 0.29) is 30.7 Å². The molecule has 1 aliphatic heterocycles. The molecule has 1 unspecified atom stereocenters. The number of amides is 1. The van der Waals surface area contributed by atoms with Gasteiger partial charge in [0.25, 0.3) is 5.91 Å². The highest BCUT2D eigenvalue weighted by atomic mass is 35.5. The van der Waals surface area contributed by atoms with Gasteiger partial charge in [-0.15, -0.1) is 12.4 Å². The lowest BCUT2D eigenvalue weighted by Gasteiger charge is -2.22. The zero-order chi connectivity index (χ0) is 13.5. The van der Waals surface area contributed by atoms with Gasteiger partial charge in [0.2, 0.25) is 0 Å². The van der Waals surface area contributed by atoms with Crippen LogP contribution in [0.2, 0.25) is 0 Å². The number of hydrogen-bond donors (Lipinski definition) is 2. The zero-order valence-electron chi connectivity index (χ0n) is 11.2. The number of piperidine rings is 1. The molecule has 1 aromatic rings. The van der Waals surface area contributed by atoms with E-state index in [9.17, 15) is 9.18 Å². The molecule has 2 N–H and O–H groups in total. The Bertz CT molecular complexity index is 408. The standard InChI is InChI=1S/C14H19FN2O2.ClH/c15-12-3-5-13(6-4-12)19-10-14(18)17-9-11-2-1-7-16-8-11;/h3-6,11,16H,1-2,7-10H2,(H,17,18);1H. The van der Waals surface area contributed by atoms with Gasteiger partial charge in [-0.3, -0.25) is 4.79 Å². The average molecular weight is 303 g/mol. The molecule has 112 valence electrons. The van der Waals surface area contributed by atoms with Crippen LogP contribution in [0.4, 0.5) is 4.39 Å². The van der Waals surface area contributed by atoms with Crippen molar-refractivity contribution in [2.45, 2.75) is 12.8 Å². The predicted molar refractivity (Wildman–Crippen MR) is 77.7 cm³/mol. The number of nitrogens with one attached hydrogen (secondary N) is 2. The van der Waals surface area contributed by atoms with Gasteiger partial charge >= 0.3 is 0 Å². The van der Waals surface area contributed by atoms with Crippen LogP contribution in [0.15, 0.2) is 24.3 Å². The van der Waals surface area contributed by atoms with Crippen molar-refractivity contribution in [3.63, 3.8) is 0 Å². The highest BCUT2D eigenvalue weighted by Gasteiger charge is 2.13. The van der Waals surface area contributed by atoms with E-state index in [1.54, 1.807) is 0 Å². The molecule has 1 heterocycles. The van der Waals surface area contributed by atoms with Gasteiger partial charge in [0, 0.05) is 6.54 Å². The summed E-state index contributed by atoms with van der Waals surface area (Å²) in [5.41, 5.74) is 0. The number of carbonyl (C=O) groups is 1. The normalized spacial score (nSPS) is 17.9. The fourth-order valence-corrected chi connectivity index (χ4v) is 2.09. The lowest BCUT2D eigenvalue weighted by Crippen LogP contribution is -2.39. The Balaban J connectivity index is 0.00000200. The molecule has 2 rings (SSSR count). The van der Waals surface area contributed by atoms with Crippen molar-refractivity contribution in [1.29, 1.82) is 0 Å². The summed E-state index contributed by atoms with van der Waals surface area (Å²) in [6, 6.07) is 5.63. The summed E-state index contributed by atoms with van der Waals surface area (Å²) in [7, 11) is 0. The number of hydrogen-bond acceptors (Lipinski definition) is 3. The number of ether oxygens (including phenoxy) is 1. The van der Waals surface area contributed by atoms with Crippen LogP contribution in [0.3, 0.4) is 0 Å². The number of rotatable bonds is 5. The summed E-state index contributed by atoms with van der Waals surface area (Å²) < 4.78 is 17.9. The van der Waals surface area contributed by atoms with Gasteiger partial charge in [-0.2, -0.15) is 0 Å². The summed E-state index contributed by atoms with van der Waals surface area (Å²) in [4.78, 5) is 11.6. The quantitative estimate of drug-likeness (QED) is 0.871. The minimum absolute atomic E-state index is 0. The molecule has 0 aliphatic carbocycles. The van der Waals surface area contributed by atoms with Crippen LogP contribution in [0.5, 0.6) is 5.75 Å². The lowest BCUT2D eigenvalue weighted by atomic mass is 10.00. The molecule has 0 radical (unpaired) electrons. The first-order valence-corrected chi connectivity index (χ1v) is 6.60. The molecule has 6 heteroatoms. The van der Waals surface area contributed by atoms with Crippen molar-refractivity contribution in [3.8, 4) is 5.75 Å². The molecule has 1 fully saturated rings. The largest absolute Gasteiger partial charge is 0.484 e. The van der Waals surface area contributed by atoms with E-state index in [2.05, 4.69) is 10.6 Å². The second-order valence-corrected chi connectivity index (χ2v) is 4.76. The lowest BCUT2D eigenvalue weighted by molar-refractivity contribution is -0.123. The Morgan fingerprint density at radius 1 is 1.40 bits per heavy atom. The van der Waals surface area contributed by atoms with Crippen LogP contribution in [0, 0.1) is 11.7 Å². The number of benzene rings is 1. The van der Waals surface area contributed by atoms with E-state index in [0.717, 1.165) is 25.9 Å². The first-order chi connectivity index (χ1) is 9.24. The summed E-state index contributed by atoms with van der Waals surface area (Å²) in [5.74, 6) is 0.538. The van der Waals surface area contributed by atoms with E-state index in [1.165, 1.54) is 24.3 Å². The maximum Gasteiger partial charge on any atom is 0.257 e. The van der Waals surface area contributed by atoms with E-state index < -0.39 is 0 Å². The van der Waals surface area contributed by atoms with Crippen molar-refractivity contribution in [2.75, 3.05) is 26.2 Å². The molecule has 0 bridgehead atoms. The molecule has 0 saturated carbocycles. The van der Waals surface area contributed by atoms with Gasteiger partial charge in [-0.1, -0.05) is 0 Å². The van der Waals surface area contributed by atoms with Crippen LogP contribution in [0.1, 0.15) is 12.8 Å². The molecule has 0 spiro atoms. The van der Waals surface area contributed by atoms with Gasteiger partial charge in [0.15, 0.2) is 6.61 Å². The fourth-order valence-electron chi connectivity index (χ4n) is 2.09. The third-order valence-corrected chi connectivity index (χ3v) is 3.17. The van der Waals surface area contributed by atoms with Crippen molar-refractivity contribution >= 4 is 18.3 Å². The topological polar surface area (TPSA) is 50.4 Å². The molecule has 0 aromatic heterocycles. The Labute approximate surface area is 124 Å². The van der Waals surface area contributed by atoms with Gasteiger partial charge in [0.1, 0.15) is 11.6 Å². The maximum atomic E-state index is 12.7. The number of halogens is 2. The highest BCUT2D eigenvalue weighted by Crippen LogP contribution is 2.11. The average Bonchev–Trinajstić information content (AvgIpc) is 2.45. The van der Waals surface area contributed by atoms with Crippen molar-refractivity contribution in [2.24, 2.45) is 5.92 Å². The van der Waals surface area contributed by atoms with Crippen LogP contribution in [-0.2, 0) is 4.79 Å². The molecule has 1 aromatic carbocycles. The second kappa shape index (κ2) is 8.76. The zero-order valence-corrected chi connectivity index (χ0v) is 12.0. The van der Waals surface area contributed by atoms with Gasteiger partial charge in [0.05, 0.1) is 0 Å². The molecule has 4 nitrogen and oxygen atoms in total. The van der Waals surface area contributed by atoms with Crippen LogP contribution in [0.25, 0.3) is 0 Å². The third-order valence-electron chi connectivity index (χ3n) is 3.17. The van der Waals surface area contributed by atoms with Gasteiger partial charge in [-0.05, 0) is 56.1 Å². The number of carbonyl (C=O) groups excluding carboxylic acids is 1. The second-order valence-electron chi connectivity index (χ2n) is 4.76. The van der Waals surface area contributed by atoms with E-state index in [1.807, 2.05) is 0 Å². The monoisotopic (exact) mass is 302 g/mol. The molecule has 20 heavy (non-hydrogen) atoms. The minimum atomic E-state index is -0.318. The first-order valence-electron chi connectivity index (χ1n) is 6.60. The van der Waals surface area contributed by atoms with E-state index in [4.69, 9.17) is 4.74 Å². The molecular formula is C14H20ClFN2O2. The Kier molecular flexibility index (Phi) is 7.33. The van der Waals surface area contributed by atoms with E-state index >= 15 is 0 Å². The van der Waals surface area contributed by atoms with Crippen molar-refractivity contribution < 1.29 is 13.9 Å². The van der Waals surface area contributed by atoms with Crippen LogP contribution >= 0.6 is 12.4 Å². The maximum absolute atomic E-state index is 12.7. The Morgan fingerprint density at radius 3 is 2.80 bits per heavy atom. The van der Waals surface area contributed by atoms with Gasteiger partial charge in [-0.25, -0.2) is 4.39 Å². The van der Waals surface area contributed by atoms with Crippen LogP contribution in [-0.4, -0.2) is 32.1 Å². The summed E-state index contributed by atoms with van der Waals surface area (Å²) in [5, 5.41) is 6.16. The fraction of sp³-hybridized carbons (Fsp3) is 0.500. The summed E-state index contributed by atoms with van der Waals surface area (Å²) >= 11 is 0. The Hall–Kier alpha value is -1.33. The molecular weight excluding hydrogens is 283 g/mol. The van der Waals surface area contributed by atoms with Crippen LogP contribution < -0.4 is 15.4 Å². The minimum Gasteiger partial charge on any atom is -0.484 e. The third kappa shape index (κ3) is 5.75. The summed E-state index contributed by atoms with van der Waals surface area (Å²) in [6.07, 6.45) is 2.30.